The predicted molar refractivity (Wildman–Crippen MR) is 178 cm³/mol. The van der Waals surface area contributed by atoms with E-state index in [4.69, 9.17) is 11.6 Å². The van der Waals surface area contributed by atoms with E-state index in [0.717, 1.165) is 47.9 Å². The number of carbonyl (C=O) groups is 2. The van der Waals surface area contributed by atoms with Gasteiger partial charge < -0.3 is 10.2 Å². The Morgan fingerprint density at radius 1 is 0.909 bits per heavy atom. The Hall–Kier alpha value is -3.36. The molecule has 4 rings (SSSR count). The largest absolute Gasteiger partial charge is 0.352 e. The van der Waals surface area contributed by atoms with Crippen LogP contribution in [0.5, 0.6) is 0 Å². The predicted octanol–water partition coefficient (Wildman–Crippen LogP) is 6.59. The lowest BCUT2D eigenvalue weighted by Gasteiger charge is -2.34. The highest BCUT2D eigenvalue weighted by atomic mass is 35.5. The molecule has 3 aromatic rings. The number of hydrogen-bond acceptors (Lipinski definition) is 4. The van der Waals surface area contributed by atoms with Crippen LogP contribution in [0.25, 0.3) is 0 Å². The molecule has 44 heavy (non-hydrogen) atoms. The number of rotatable bonds is 13. The number of hydrogen-bond donors (Lipinski definition) is 1. The number of nitrogens with zero attached hydrogens (tertiary/aromatic N) is 2. The molecule has 0 aliphatic heterocycles. The lowest BCUT2D eigenvalue weighted by atomic mass is 9.94. The minimum absolute atomic E-state index is 0.0827. The maximum Gasteiger partial charge on any atom is 0.243 e. The normalized spacial score (nSPS) is 14.5. The molecule has 0 spiro atoms. The van der Waals surface area contributed by atoms with Gasteiger partial charge in [-0.05, 0) is 79.6 Å². The first kappa shape index (κ1) is 33.5. The van der Waals surface area contributed by atoms with Gasteiger partial charge in [-0.2, -0.15) is 0 Å². The van der Waals surface area contributed by atoms with Crippen LogP contribution in [0.1, 0.15) is 67.2 Å². The molecule has 1 N–H and O–H groups in total. The number of nitrogens with one attached hydrogen (secondary N) is 1. The number of carbonyl (C=O) groups excluding carboxylic acids is 2. The van der Waals surface area contributed by atoms with Crippen LogP contribution in [0.3, 0.4) is 0 Å². The van der Waals surface area contributed by atoms with Gasteiger partial charge in [0.25, 0.3) is 0 Å². The molecule has 9 heteroatoms. The monoisotopic (exact) mass is 637 g/mol. The quantitative estimate of drug-likeness (QED) is 0.229. The van der Waals surface area contributed by atoms with E-state index in [-0.39, 0.29) is 37.4 Å². The summed E-state index contributed by atoms with van der Waals surface area (Å²) >= 11 is 6.31. The third kappa shape index (κ3) is 9.83. The van der Waals surface area contributed by atoms with Crippen molar-refractivity contribution in [3.05, 3.63) is 100 Å². The Bertz CT molecular complexity index is 1500. The highest BCUT2D eigenvalue weighted by molar-refractivity contribution is 7.92. The average Bonchev–Trinajstić information content (AvgIpc) is 2.97. The van der Waals surface area contributed by atoms with Gasteiger partial charge in [0.15, 0.2) is 0 Å². The first-order valence-corrected chi connectivity index (χ1v) is 17.7. The van der Waals surface area contributed by atoms with Crippen LogP contribution in [0.15, 0.2) is 72.8 Å². The molecular formula is C35H44ClN3O4S. The van der Waals surface area contributed by atoms with E-state index in [1.165, 1.54) is 17.0 Å². The fourth-order valence-electron chi connectivity index (χ4n) is 6.03. The summed E-state index contributed by atoms with van der Waals surface area (Å²) < 4.78 is 26.9. The number of halogens is 1. The highest BCUT2D eigenvalue weighted by Gasteiger charge is 2.32. The van der Waals surface area contributed by atoms with E-state index in [9.17, 15) is 18.0 Å². The zero-order valence-corrected chi connectivity index (χ0v) is 27.5. The zero-order chi connectivity index (χ0) is 31.7. The number of amides is 2. The molecule has 1 saturated carbocycles. The van der Waals surface area contributed by atoms with Crippen molar-refractivity contribution in [1.82, 2.24) is 10.2 Å². The molecule has 2 amide bonds. The van der Waals surface area contributed by atoms with Crippen molar-refractivity contribution in [3.8, 4) is 0 Å². The highest BCUT2D eigenvalue weighted by Crippen LogP contribution is 2.24. The number of anilines is 1. The molecule has 1 aliphatic carbocycles. The SMILES string of the molecule is Cc1cc(C)cc(N(CCCC(=O)N(Cc2cccc(Cl)c2)C(Cc2ccccc2)C(=O)NC2CCCCC2)S(C)(=O)=O)c1. The second-order valence-electron chi connectivity index (χ2n) is 12.0. The Balaban J connectivity index is 1.60. The number of sulfonamides is 1. The summed E-state index contributed by atoms with van der Waals surface area (Å²) in [7, 11) is -3.58. The van der Waals surface area contributed by atoms with Crippen molar-refractivity contribution in [2.45, 2.75) is 83.8 Å². The molecule has 7 nitrogen and oxygen atoms in total. The standard InChI is InChI=1S/C35H44ClN3O4S/c1-26-20-27(2)22-32(21-26)39(44(3,42)43)19-11-18-34(40)38(25-29-14-10-15-30(36)23-29)33(24-28-12-6-4-7-13-28)35(41)37-31-16-8-5-9-17-31/h4,6-7,10,12-15,20-23,31,33H,5,8-9,11,16-19,24-25H2,1-3H3,(H,37,41). The van der Waals surface area contributed by atoms with E-state index in [0.29, 0.717) is 23.6 Å². The molecule has 3 aromatic carbocycles. The van der Waals surface area contributed by atoms with Gasteiger partial charge in [-0.3, -0.25) is 13.9 Å². The molecule has 1 aliphatic rings. The van der Waals surface area contributed by atoms with Crippen molar-refractivity contribution in [1.29, 1.82) is 0 Å². The van der Waals surface area contributed by atoms with Gasteiger partial charge in [-0.1, -0.05) is 79.4 Å². The lowest BCUT2D eigenvalue weighted by Crippen LogP contribution is -2.52. The van der Waals surface area contributed by atoms with Gasteiger partial charge in [-0.15, -0.1) is 0 Å². The Kier molecular flexibility index (Phi) is 11.9. The van der Waals surface area contributed by atoms with Crippen LogP contribution in [-0.4, -0.2) is 50.0 Å². The van der Waals surface area contributed by atoms with Gasteiger partial charge in [0, 0.05) is 37.0 Å². The van der Waals surface area contributed by atoms with E-state index in [2.05, 4.69) is 5.32 Å². The Labute approximate surface area is 267 Å². The van der Waals surface area contributed by atoms with Gasteiger partial charge in [-0.25, -0.2) is 8.42 Å². The summed E-state index contributed by atoms with van der Waals surface area (Å²) in [5.74, 6) is -0.372. The fraction of sp³-hybridized carbons (Fsp3) is 0.429. The minimum Gasteiger partial charge on any atom is -0.352 e. The van der Waals surface area contributed by atoms with E-state index >= 15 is 0 Å². The third-order valence-corrected chi connectivity index (χ3v) is 9.54. The molecule has 1 atom stereocenters. The zero-order valence-electron chi connectivity index (χ0n) is 26.0. The Morgan fingerprint density at radius 2 is 1.57 bits per heavy atom. The third-order valence-electron chi connectivity index (χ3n) is 8.11. The van der Waals surface area contributed by atoms with Crippen LogP contribution in [0.4, 0.5) is 5.69 Å². The van der Waals surface area contributed by atoms with Crippen LogP contribution < -0.4 is 9.62 Å². The summed E-state index contributed by atoms with van der Waals surface area (Å²) in [4.78, 5) is 29.7. The van der Waals surface area contributed by atoms with Crippen molar-refractivity contribution in [3.63, 3.8) is 0 Å². The lowest BCUT2D eigenvalue weighted by molar-refractivity contribution is -0.141. The molecule has 0 bridgehead atoms. The van der Waals surface area contributed by atoms with Crippen LogP contribution in [0.2, 0.25) is 5.02 Å². The summed E-state index contributed by atoms with van der Waals surface area (Å²) in [6.07, 6.45) is 7.14. The van der Waals surface area contributed by atoms with Crippen LogP contribution >= 0.6 is 11.6 Å². The minimum atomic E-state index is -3.58. The molecule has 0 aromatic heterocycles. The fourth-order valence-corrected chi connectivity index (χ4v) is 7.19. The van der Waals surface area contributed by atoms with Gasteiger partial charge in [0.05, 0.1) is 11.9 Å². The number of aryl methyl sites for hydroxylation is 2. The van der Waals surface area contributed by atoms with Gasteiger partial charge in [0.1, 0.15) is 6.04 Å². The summed E-state index contributed by atoms with van der Waals surface area (Å²) in [5.41, 5.74) is 4.29. The molecule has 0 radical (unpaired) electrons. The maximum absolute atomic E-state index is 14.1. The second kappa shape index (κ2) is 15.6. The van der Waals surface area contributed by atoms with Crippen molar-refractivity contribution in [2.75, 3.05) is 17.1 Å². The van der Waals surface area contributed by atoms with Crippen molar-refractivity contribution < 1.29 is 18.0 Å². The van der Waals surface area contributed by atoms with E-state index in [1.54, 1.807) is 11.0 Å². The average molecular weight is 638 g/mol. The molecular weight excluding hydrogens is 594 g/mol. The molecule has 1 fully saturated rings. The summed E-state index contributed by atoms with van der Waals surface area (Å²) in [6, 6.07) is 22.1. The number of benzene rings is 3. The van der Waals surface area contributed by atoms with Crippen LogP contribution in [0, 0.1) is 13.8 Å². The first-order chi connectivity index (χ1) is 21.0. The Morgan fingerprint density at radius 3 is 2.20 bits per heavy atom. The molecule has 1 unspecified atom stereocenters. The van der Waals surface area contributed by atoms with Gasteiger partial charge >= 0.3 is 0 Å². The molecule has 0 heterocycles. The molecule has 0 saturated heterocycles. The smallest absolute Gasteiger partial charge is 0.243 e. The van der Waals surface area contributed by atoms with Crippen LogP contribution in [-0.2, 0) is 32.6 Å². The van der Waals surface area contributed by atoms with E-state index < -0.39 is 16.1 Å². The first-order valence-electron chi connectivity index (χ1n) is 15.4. The van der Waals surface area contributed by atoms with Crippen molar-refractivity contribution >= 4 is 39.1 Å². The summed E-state index contributed by atoms with van der Waals surface area (Å²) in [6.45, 7) is 4.22. The van der Waals surface area contributed by atoms with E-state index in [1.807, 2.05) is 80.6 Å². The molecule has 236 valence electrons. The second-order valence-corrected chi connectivity index (χ2v) is 14.3. The topological polar surface area (TPSA) is 86.8 Å². The van der Waals surface area contributed by atoms with Gasteiger partial charge in [0.2, 0.25) is 21.8 Å². The summed E-state index contributed by atoms with van der Waals surface area (Å²) in [5, 5.41) is 3.81. The van der Waals surface area contributed by atoms with Crippen molar-refractivity contribution in [2.24, 2.45) is 0 Å². The maximum atomic E-state index is 14.1.